The molecule has 1 saturated carbocycles. The molecule has 1 atom stereocenters. The lowest BCUT2D eigenvalue weighted by atomic mass is 10.0. The van der Waals surface area contributed by atoms with Crippen molar-refractivity contribution in [3.8, 4) is 0 Å². The molecular formula is C14H19N5O2. The molecule has 112 valence electrons. The molecule has 1 N–H and O–H groups in total. The van der Waals surface area contributed by atoms with Crippen LogP contribution in [0.3, 0.4) is 0 Å². The Balaban J connectivity index is 1.64. The standard InChI is InChI=1S/C14H19N5O2/c1-9(2)12(6-19-8-15-7-16-19)17-14(20)11-5-13(21-18-11)10-3-4-10/h5,7-10,12H,3-4,6H2,1-2H3,(H,17,20)/t12-/m0/s1. The second kappa shape index (κ2) is 5.67. The highest BCUT2D eigenvalue weighted by molar-refractivity contribution is 5.92. The smallest absolute Gasteiger partial charge is 0.273 e. The highest BCUT2D eigenvalue weighted by atomic mass is 16.5. The molecular weight excluding hydrogens is 270 g/mol. The van der Waals surface area contributed by atoms with E-state index in [-0.39, 0.29) is 17.9 Å². The first kappa shape index (κ1) is 13.8. The van der Waals surface area contributed by atoms with Crippen LogP contribution in [0.5, 0.6) is 0 Å². The molecule has 0 bridgehead atoms. The summed E-state index contributed by atoms with van der Waals surface area (Å²) in [5, 5.41) is 10.9. The highest BCUT2D eigenvalue weighted by Crippen LogP contribution is 2.40. The van der Waals surface area contributed by atoms with Gasteiger partial charge in [0.05, 0.1) is 12.6 Å². The number of carbonyl (C=O) groups excluding carboxylic acids is 1. The molecule has 0 aromatic carbocycles. The summed E-state index contributed by atoms with van der Waals surface area (Å²) in [6.07, 6.45) is 5.37. The summed E-state index contributed by atoms with van der Waals surface area (Å²) in [7, 11) is 0. The third-order valence-corrected chi connectivity index (χ3v) is 3.71. The van der Waals surface area contributed by atoms with Gasteiger partial charge in [-0.05, 0) is 18.8 Å². The van der Waals surface area contributed by atoms with Gasteiger partial charge in [-0.25, -0.2) is 4.98 Å². The minimum Gasteiger partial charge on any atom is -0.360 e. The number of hydrogen-bond acceptors (Lipinski definition) is 5. The molecule has 21 heavy (non-hydrogen) atoms. The van der Waals surface area contributed by atoms with Gasteiger partial charge in [0.1, 0.15) is 18.4 Å². The van der Waals surface area contributed by atoms with Gasteiger partial charge in [-0.15, -0.1) is 0 Å². The van der Waals surface area contributed by atoms with Gasteiger partial charge in [-0.1, -0.05) is 19.0 Å². The molecule has 7 heteroatoms. The van der Waals surface area contributed by atoms with Crippen LogP contribution in [-0.2, 0) is 6.54 Å². The van der Waals surface area contributed by atoms with Crippen molar-refractivity contribution < 1.29 is 9.32 Å². The predicted molar refractivity (Wildman–Crippen MR) is 74.6 cm³/mol. The largest absolute Gasteiger partial charge is 0.360 e. The number of aromatic nitrogens is 4. The highest BCUT2D eigenvalue weighted by Gasteiger charge is 2.29. The molecule has 0 spiro atoms. The molecule has 3 rings (SSSR count). The quantitative estimate of drug-likeness (QED) is 0.873. The van der Waals surface area contributed by atoms with Gasteiger partial charge in [0.2, 0.25) is 0 Å². The van der Waals surface area contributed by atoms with Gasteiger partial charge in [0.15, 0.2) is 5.69 Å². The maximum absolute atomic E-state index is 12.3. The summed E-state index contributed by atoms with van der Waals surface area (Å²) in [6.45, 7) is 4.69. The lowest BCUT2D eigenvalue weighted by Gasteiger charge is -2.21. The molecule has 1 aliphatic rings. The van der Waals surface area contributed by atoms with Gasteiger partial charge < -0.3 is 9.84 Å². The Hall–Kier alpha value is -2.18. The van der Waals surface area contributed by atoms with Crippen molar-refractivity contribution in [2.45, 2.75) is 45.2 Å². The fourth-order valence-electron chi connectivity index (χ4n) is 2.15. The van der Waals surface area contributed by atoms with Crippen molar-refractivity contribution in [1.82, 2.24) is 25.2 Å². The van der Waals surface area contributed by atoms with Crippen LogP contribution in [0.4, 0.5) is 0 Å². The van der Waals surface area contributed by atoms with Crippen LogP contribution in [0.25, 0.3) is 0 Å². The minimum absolute atomic E-state index is 0.0414. The fraction of sp³-hybridized carbons (Fsp3) is 0.571. The average molecular weight is 289 g/mol. The zero-order valence-corrected chi connectivity index (χ0v) is 12.2. The van der Waals surface area contributed by atoms with Crippen LogP contribution in [0.1, 0.15) is 48.9 Å². The second-order valence-electron chi connectivity index (χ2n) is 5.83. The molecule has 2 aromatic rings. The number of rotatable bonds is 6. The number of hydrogen-bond donors (Lipinski definition) is 1. The van der Waals surface area contributed by atoms with Crippen molar-refractivity contribution >= 4 is 5.91 Å². The van der Waals surface area contributed by atoms with Crippen molar-refractivity contribution in [2.75, 3.05) is 0 Å². The van der Waals surface area contributed by atoms with Crippen molar-refractivity contribution in [3.63, 3.8) is 0 Å². The van der Waals surface area contributed by atoms with E-state index in [1.54, 1.807) is 17.1 Å². The Bertz CT molecular complexity index is 601. The topological polar surface area (TPSA) is 85.8 Å². The Labute approximate surface area is 122 Å². The first-order valence-corrected chi connectivity index (χ1v) is 7.23. The molecule has 0 aliphatic heterocycles. The Morgan fingerprint density at radius 2 is 2.33 bits per heavy atom. The van der Waals surface area contributed by atoms with Crippen LogP contribution in [-0.4, -0.2) is 31.9 Å². The van der Waals surface area contributed by atoms with Crippen molar-refractivity contribution in [3.05, 3.63) is 30.2 Å². The van der Waals surface area contributed by atoms with E-state index in [9.17, 15) is 4.79 Å². The molecule has 1 amide bonds. The van der Waals surface area contributed by atoms with Crippen molar-refractivity contribution in [2.24, 2.45) is 5.92 Å². The van der Waals surface area contributed by atoms with Gasteiger partial charge in [0, 0.05) is 12.0 Å². The predicted octanol–water partition coefficient (Wildman–Crippen LogP) is 1.60. The van der Waals surface area contributed by atoms with E-state index in [1.807, 2.05) is 0 Å². The van der Waals surface area contributed by atoms with Crippen LogP contribution in [0.2, 0.25) is 0 Å². The lowest BCUT2D eigenvalue weighted by Crippen LogP contribution is -2.41. The zero-order chi connectivity index (χ0) is 14.8. The average Bonchev–Trinajstić information content (AvgIpc) is 2.99. The number of nitrogens with zero attached hydrogens (tertiary/aromatic N) is 4. The molecule has 1 aliphatic carbocycles. The molecule has 7 nitrogen and oxygen atoms in total. The van der Waals surface area contributed by atoms with Crippen molar-refractivity contribution in [1.29, 1.82) is 0 Å². The molecule has 1 fully saturated rings. The SMILES string of the molecule is CC(C)[C@H](Cn1cncn1)NC(=O)c1cc(C2CC2)on1. The Kier molecular flexibility index (Phi) is 3.72. The first-order valence-electron chi connectivity index (χ1n) is 7.23. The summed E-state index contributed by atoms with van der Waals surface area (Å²) in [5.74, 6) is 1.34. The van der Waals surface area contributed by atoms with E-state index >= 15 is 0 Å². The summed E-state index contributed by atoms with van der Waals surface area (Å²) in [6, 6.07) is 1.71. The van der Waals surface area contributed by atoms with E-state index in [0.29, 0.717) is 18.2 Å². The Morgan fingerprint density at radius 1 is 1.52 bits per heavy atom. The summed E-state index contributed by atoms with van der Waals surface area (Å²) in [4.78, 5) is 16.2. The summed E-state index contributed by atoms with van der Waals surface area (Å²) in [5.41, 5.74) is 0.348. The second-order valence-corrected chi connectivity index (χ2v) is 5.83. The molecule has 0 radical (unpaired) electrons. The fourth-order valence-corrected chi connectivity index (χ4v) is 2.15. The van der Waals surface area contributed by atoms with E-state index in [2.05, 4.69) is 34.4 Å². The maximum Gasteiger partial charge on any atom is 0.273 e. The van der Waals surface area contributed by atoms with Crippen LogP contribution < -0.4 is 5.32 Å². The lowest BCUT2D eigenvalue weighted by molar-refractivity contribution is 0.0910. The molecule has 2 heterocycles. The monoisotopic (exact) mass is 289 g/mol. The molecule has 2 aromatic heterocycles. The van der Waals surface area contributed by atoms with Gasteiger partial charge in [-0.2, -0.15) is 5.10 Å². The van der Waals surface area contributed by atoms with E-state index in [4.69, 9.17) is 4.52 Å². The number of nitrogens with one attached hydrogen (secondary N) is 1. The van der Waals surface area contributed by atoms with Crippen LogP contribution in [0, 0.1) is 5.92 Å². The van der Waals surface area contributed by atoms with Crippen LogP contribution >= 0.6 is 0 Å². The van der Waals surface area contributed by atoms with E-state index < -0.39 is 0 Å². The third-order valence-electron chi connectivity index (χ3n) is 3.71. The summed E-state index contributed by atoms with van der Waals surface area (Å²) >= 11 is 0. The Morgan fingerprint density at radius 3 is 2.95 bits per heavy atom. The van der Waals surface area contributed by atoms with Gasteiger partial charge >= 0.3 is 0 Å². The summed E-state index contributed by atoms with van der Waals surface area (Å²) < 4.78 is 6.93. The number of amides is 1. The maximum atomic E-state index is 12.3. The minimum atomic E-state index is -0.204. The van der Waals surface area contributed by atoms with E-state index in [1.165, 1.54) is 6.33 Å². The zero-order valence-electron chi connectivity index (χ0n) is 12.2. The molecule has 0 unspecified atom stereocenters. The number of carbonyl (C=O) groups is 1. The van der Waals surface area contributed by atoms with E-state index in [0.717, 1.165) is 18.6 Å². The van der Waals surface area contributed by atoms with Gasteiger partial charge in [-0.3, -0.25) is 9.48 Å². The third kappa shape index (κ3) is 3.29. The van der Waals surface area contributed by atoms with Gasteiger partial charge in [0.25, 0.3) is 5.91 Å². The molecule has 0 saturated heterocycles. The normalized spacial score (nSPS) is 16.1. The van der Waals surface area contributed by atoms with Crippen LogP contribution in [0.15, 0.2) is 23.2 Å². The first-order chi connectivity index (χ1) is 10.1.